The van der Waals surface area contributed by atoms with Gasteiger partial charge in [0.25, 0.3) is 5.91 Å². The summed E-state index contributed by atoms with van der Waals surface area (Å²) in [6, 6.07) is 0.489. The highest BCUT2D eigenvalue weighted by Gasteiger charge is 2.30. The van der Waals surface area contributed by atoms with Gasteiger partial charge in [0.15, 0.2) is 6.61 Å². The van der Waals surface area contributed by atoms with Gasteiger partial charge in [-0.05, 0) is 39.2 Å². The van der Waals surface area contributed by atoms with Gasteiger partial charge in [0.05, 0.1) is 6.10 Å². The van der Waals surface area contributed by atoms with E-state index >= 15 is 0 Å². The van der Waals surface area contributed by atoms with Gasteiger partial charge in [-0.25, -0.2) is 4.79 Å². The minimum atomic E-state index is -0.743. The van der Waals surface area contributed by atoms with Crippen LogP contribution in [0.15, 0.2) is 6.07 Å². The molecule has 1 aromatic rings. The second-order valence-electron chi connectivity index (χ2n) is 7.17. The van der Waals surface area contributed by atoms with Gasteiger partial charge >= 0.3 is 12.0 Å². The average molecular weight is 391 g/mol. The van der Waals surface area contributed by atoms with E-state index in [9.17, 15) is 19.2 Å². The first-order chi connectivity index (χ1) is 13.3. The van der Waals surface area contributed by atoms with Gasteiger partial charge in [-0.15, -0.1) is 0 Å². The van der Waals surface area contributed by atoms with Crippen LogP contribution in [0.2, 0.25) is 0 Å². The van der Waals surface area contributed by atoms with Crippen LogP contribution in [0.4, 0.5) is 4.79 Å². The van der Waals surface area contributed by atoms with Crippen molar-refractivity contribution in [3.05, 3.63) is 23.0 Å². The molecule has 1 aromatic heterocycles. The summed E-state index contributed by atoms with van der Waals surface area (Å²) in [6.07, 6.45) is 2.29. The van der Waals surface area contributed by atoms with E-state index in [1.54, 1.807) is 6.07 Å². The molecule has 0 bridgehead atoms. The summed E-state index contributed by atoms with van der Waals surface area (Å²) >= 11 is 0. The van der Waals surface area contributed by atoms with E-state index in [-0.39, 0.29) is 31.3 Å². The molecule has 9 nitrogen and oxygen atoms in total. The Morgan fingerprint density at radius 3 is 2.75 bits per heavy atom. The number of hydrogen-bond acceptors (Lipinski definition) is 6. The number of ether oxygens (including phenoxy) is 2. The molecule has 2 aliphatic heterocycles. The molecule has 152 valence electrons. The predicted molar refractivity (Wildman–Crippen MR) is 97.9 cm³/mol. The lowest BCUT2D eigenvalue weighted by Crippen LogP contribution is -2.29. The van der Waals surface area contributed by atoms with E-state index in [1.165, 1.54) is 0 Å². The fourth-order valence-electron chi connectivity index (χ4n) is 3.58. The van der Waals surface area contributed by atoms with Crippen molar-refractivity contribution >= 4 is 23.7 Å². The van der Waals surface area contributed by atoms with E-state index in [4.69, 9.17) is 9.47 Å². The molecule has 3 heterocycles. The van der Waals surface area contributed by atoms with E-state index in [1.807, 2.05) is 13.8 Å². The van der Waals surface area contributed by atoms with Crippen molar-refractivity contribution in [2.24, 2.45) is 0 Å². The molecule has 2 saturated heterocycles. The van der Waals surface area contributed by atoms with Gasteiger partial charge in [0.2, 0.25) is 5.78 Å². The Bertz CT molecular complexity index is 794. The summed E-state index contributed by atoms with van der Waals surface area (Å²) in [7, 11) is 0. The topological polar surface area (TPSA) is 116 Å². The Balaban J connectivity index is 1.49. The Morgan fingerprint density at radius 1 is 1.32 bits per heavy atom. The number of carbonyl (C=O) groups is 4. The fraction of sp³-hybridized carbons (Fsp3) is 0.579. The number of nitrogens with zero attached hydrogens (tertiary/aromatic N) is 1. The average Bonchev–Trinajstić information content (AvgIpc) is 3.34. The number of urea groups is 1. The lowest BCUT2D eigenvalue weighted by Gasteiger charge is -2.14. The van der Waals surface area contributed by atoms with E-state index in [2.05, 4.69) is 15.2 Å². The van der Waals surface area contributed by atoms with Crippen LogP contribution in [-0.2, 0) is 25.6 Å². The predicted octanol–water partition coefficient (Wildman–Crippen LogP) is 0.998. The van der Waals surface area contributed by atoms with E-state index < -0.39 is 23.9 Å². The number of nitrogens with one attached hydrogen (secondary N) is 2. The minimum absolute atomic E-state index is 0.0658. The van der Waals surface area contributed by atoms with Crippen LogP contribution in [-0.4, -0.2) is 53.6 Å². The molecule has 0 unspecified atom stereocenters. The van der Waals surface area contributed by atoms with Gasteiger partial charge in [-0.2, -0.15) is 0 Å². The molecule has 0 aromatic carbocycles. The van der Waals surface area contributed by atoms with Crippen LogP contribution in [0, 0.1) is 13.8 Å². The molecule has 0 radical (unpaired) electrons. The highest BCUT2D eigenvalue weighted by atomic mass is 16.5. The Hall–Kier alpha value is -2.68. The minimum Gasteiger partial charge on any atom is -0.457 e. The SMILES string of the molecule is Cc1cc(C(=O)COC(=O)CC[C@@H]2NC(=O)NC2=O)c(C)n1C[C@@H]1CCCO1. The number of carbonyl (C=O) groups excluding carboxylic acids is 4. The molecule has 3 rings (SSSR count). The normalized spacial score (nSPS) is 21.5. The van der Waals surface area contributed by atoms with Crippen molar-refractivity contribution in [3.8, 4) is 0 Å². The second-order valence-corrected chi connectivity index (χ2v) is 7.17. The number of amides is 3. The molecule has 2 aliphatic rings. The van der Waals surface area contributed by atoms with Crippen LogP contribution in [0.1, 0.15) is 47.4 Å². The highest BCUT2D eigenvalue weighted by Crippen LogP contribution is 2.20. The molecule has 28 heavy (non-hydrogen) atoms. The van der Waals surface area contributed by atoms with E-state index in [0.717, 1.165) is 30.8 Å². The summed E-state index contributed by atoms with van der Waals surface area (Å²) in [4.78, 5) is 46.8. The molecule has 0 spiro atoms. The first kappa shape index (κ1) is 20.1. The number of aromatic nitrogens is 1. The first-order valence-corrected chi connectivity index (χ1v) is 9.43. The Morgan fingerprint density at radius 2 is 2.11 bits per heavy atom. The summed E-state index contributed by atoms with van der Waals surface area (Å²) in [6.45, 7) is 4.94. The van der Waals surface area contributed by atoms with Crippen LogP contribution in [0.25, 0.3) is 0 Å². The van der Waals surface area contributed by atoms with Crippen LogP contribution in [0.3, 0.4) is 0 Å². The zero-order valence-corrected chi connectivity index (χ0v) is 16.1. The quantitative estimate of drug-likeness (QED) is 0.388. The zero-order chi connectivity index (χ0) is 20.3. The van der Waals surface area contributed by atoms with E-state index in [0.29, 0.717) is 12.1 Å². The largest absolute Gasteiger partial charge is 0.457 e. The third kappa shape index (κ3) is 4.59. The van der Waals surface area contributed by atoms with Crippen molar-refractivity contribution in [2.75, 3.05) is 13.2 Å². The highest BCUT2D eigenvalue weighted by molar-refractivity contribution is 6.04. The van der Waals surface area contributed by atoms with Crippen molar-refractivity contribution < 1.29 is 28.7 Å². The van der Waals surface area contributed by atoms with Crippen molar-refractivity contribution in [3.63, 3.8) is 0 Å². The molecule has 0 saturated carbocycles. The van der Waals surface area contributed by atoms with Gasteiger partial charge < -0.3 is 19.4 Å². The third-order valence-corrected chi connectivity index (χ3v) is 5.14. The number of rotatable bonds is 8. The summed E-state index contributed by atoms with van der Waals surface area (Å²) < 4.78 is 12.8. The molecule has 3 amide bonds. The standard InChI is InChI=1S/C19H25N3O6/c1-11-8-14(12(2)22(11)9-13-4-3-7-27-13)16(23)10-28-17(24)6-5-15-18(25)21-19(26)20-15/h8,13,15H,3-7,9-10H2,1-2H3,(H2,20,21,25,26)/t13-,15-/m0/s1. The summed E-state index contributed by atoms with van der Waals surface area (Å²) in [5.74, 6) is -1.32. The van der Waals surface area contributed by atoms with Gasteiger partial charge in [0.1, 0.15) is 6.04 Å². The monoisotopic (exact) mass is 391 g/mol. The molecule has 0 aliphatic carbocycles. The van der Waals surface area contributed by atoms with Gasteiger partial charge in [-0.1, -0.05) is 0 Å². The Labute approximate surface area is 162 Å². The number of ketones is 1. The molecule has 9 heteroatoms. The first-order valence-electron chi connectivity index (χ1n) is 9.43. The van der Waals surface area contributed by atoms with Gasteiger partial charge in [0, 0.05) is 36.5 Å². The van der Waals surface area contributed by atoms with Crippen LogP contribution in [0.5, 0.6) is 0 Å². The summed E-state index contributed by atoms with van der Waals surface area (Å²) in [5, 5.41) is 4.50. The fourth-order valence-corrected chi connectivity index (χ4v) is 3.58. The third-order valence-electron chi connectivity index (χ3n) is 5.14. The molecule has 2 fully saturated rings. The van der Waals surface area contributed by atoms with Crippen molar-refractivity contribution in [1.82, 2.24) is 15.2 Å². The maximum Gasteiger partial charge on any atom is 0.322 e. The molecular weight excluding hydrogens is 366 g/mol. The smallest absolute Gasteiger partial charge is 0.322 e. The zero-order valence-electron chi connectivity index (χ0n) is 16.1. The lowest BCUT2D eigenvalue weighted by atomic mass is 10.1. The molecule has 2 N–H and O–H groups in total. The number of aryl methyl sites for hydroxylation is 1. The van der Waals surface area contributed by atoms with Gasteiger partial charge in [-0.3, -0.25) is 19.7 Å². The maximum atomic E-state index is 12.5. The van der Waals surface area contributed by atoms with Crippen molar-refractivity contribution in [1.29, 1.82) is 0 Å². The number of imide groups is 1. The Kier molecular flexibility index (Phi) is 6.13. The summed E-state index contributed by atoms with van der Waals surface area (Å²) in [5.41, 5.74) is 2.33. The van der Waals surface area contributed by atoms with Crippen LogP contribution < -0.4 is 10.6 Å². The van der Waals surface area contributed by atoms with Crippen LogP contribution >= 0.6 is 0 Å². The molecule has 2 atom stereocenters. The second kappa shape index (κ2) is 8.55. The number of hydrogen-bond donors (Lipinski definition) is 2. The maximum absolute atomic E-state index is 12.5. The lowest BCUT2D eigenvalue weighted by molar-refractivity contribution is -0.142. The number of esters is 1. The number of Topliss-reactive ketones (excluding diaryl/α,β-unsaturated/α-hetero) is 1. The van der Waals surface area contributed by atoms with Crippen molar-refractivity contribution in [2.45, 2.75) is 58.2 Å². The molecular formula is C19H25N3O6.